The van der Waals surface area contributed by atoms with E-state index in [1.165, 1.54) is 32.4 Å². The highest BCUT2D eigenvalue weighted by atomic mass is 16.3. The molecule has 0 amide bonds. The van der Waals surface area contributed by atoms with Crippen LogP contribution in [0.5, 0.6) is 0 Å². The Morgan fingerprint density at radius 3 is 1.72 bits per heavy atom. The van der Waals surface area contributed by atoms with E-state index >= 15 is 0 Å². The first-order chi connectivity index (χ1) is 32.2. The van der Waals surface area contributed by atoms with Gasteiger partial charge in [-0.15, -0.1) is 0 Å². The SMILES string of the molecule is c1ccc(-c2nc(-c3ccc4c(c3)oc3c5ccccc5c(-n5c6ccccc6c6cc7ccccc7cc65)cc43)nc(-c3cccc4c5ccccc5n(-c5ccccc5)c34)n2)cc1. The first kappa shape index (κ1) is 35.7. The Morgan fingerprint density at radius 2 is 0.938 bits per heavy atom. The zero-order valence-corrected chi connectivity index (χ0v) is 34.9. The summed E-state index contributed by atoms with van der Waals surface area (Å²) >= 11 is 0. The van der Waals surface area contributed by atoms with Crippen molar-refractivity contribution >= 4 is 87.1 Å². The molecule has 6 heteroatoms. The summed E-state index contributed by atoms with van der Waals surface area (Å²) in [5.41, 5.74) is 11.0. The molecule has 0 fully saturated rings. The maximum atomic E-state index is 6.93. The summed E-state index contributed by atoms with van der Waals surface area (Å²) in [6.45, 7) is 0. The molecule has 0 bridgehead atoms. The molecule has 6 nitrogen and oxygen atoms in total. The van der Waals surface area contributed by atoms with Crippen molar-refractivity contribution in [1.29, 1.82) is 0 Å². The van der Waals surface area contributed by atoms with Crippen LogP contribution in [0.2, 0.25) is 0 Å². The molecular weight excluding hydrogens is 795 g/mol. The second kappa shape index (κ2) is 13.8. The number of hydrogen-bond donors (Lipinski definition) is 0. The fourth-order valence-electron chi connectivity index (χ4n) is 10.2. The third-order valence-corrected chi connectivity index (χ3v) is 13.1. The molecule has 0 aliphatic rings. The Kier molecular flexibility index (Phi) is 7.59. The topological polar surface area (TPSA) is 61.7 Å². The predicted octanol–water partition coefficient (Wildman–Crippen LogP) is 15.3. The van der Waals surface area contributed by atoms with Gasteiger partial charge < -0.3 is 13.6 Å². The van der Waals surface area contributed by atoms with Gasteiger partial charge in [-0.25, -0.2) is 15.0 Å². The minimum Gasteiger partial charge on any atom is -0.455 e. The maximum Gasteiger partial charge on any atom is 0.166 e. The van der Waals surface area contributed by atoms with Crippen LogP contribution in [-0.2, 0) is 0 Å². The number of furan rings is 1. The predicted molar refractivity (Wildman–Crippen MR) is 267 cm³/mol. The van der Waals surface area contributed by atoms with Crippen LogP contribution in [0, 0.1) is 0 Å². The van der Waals surface area contributed by atoms with Crippen molar-refractivity contribution in [1.82, 2.24) is 24.1 Å². The minimum atomic E-state index is 0.568. The molecule has 14 aromatic rings. The summed E-state index contributed by atoms with van der Waals surface area (Å²) in [5.74, 6) is 1.77. The molecule has 65 heavy (non-hydrogen) atoms. The van der Waals surface area contributed by atoms with Gasteiger partial charge in [-0.3, -0.25) is 0 Å². The van der Waals surface area contributed by atoms with Crippen molar-refractivity contribution in [3.63, 3.8) is 0 Å². The second-order valence-electron chi connectivity index (χ2n) is 16.8. The quantitative estimate of drug-likeness (QED) is 0.173. The van der Waals surface area contributed by atoms with E-state index in [0.717, 1.165) is 82.7 Å². The fraction of sp³-hybridized carbons (Fsp3) is 0. The van der Waals surface area contributed by atoms with Gasteiger partial charge in [0, 0.05) is 65.5 Å². The lowest BCUT2D eigenvalue weighted by molar-refractivity contribution is 0.672. The molecule has 0 unspecified atom stereocenters. The summed E-state index contributed by atoms with van der Waals surface area (Å²) in [4.78, 5) is 15.7. The first-order valence-electron chi connectivity index (χ1n) is 21.9. The molecule has 0 spiro atoms. The molecule has 0 aliphatic heterocycles. The number of nitrogens with zero attached hydrogens (tertiary/aromatic N) is 5. The highest BCUT2D eigenvalue weighted by molar-refractivity contribution is 6.20. The Morgan fingerprint density at radius 1 is 0.338 bits per heavy atom. The van der Waals surface area contributed by atoms with E-state index in [1.54, 1.807) is 0 Å². The van der Waals surface area contributed by atoms with Gasteiger partial charge in [0.1, 0.15) is 11.2 Å². The van der Waals surface area contributed by atoms with Gasteiger partial charge in [0.2, 0.25) is 0 Å². The summed E-state index contributed by atoms with van der Waals surface area (Å²) in [6.07, 6.45) is 0. The average molecular weight is 830 g/mol. The summed E-state index contributed by atoms with van der Waals surface area (Å²) < 4.78 is 11.7. The average Bonchev–Trinajstić information content (AvgIpc) is 4.03. The van der Waals surface area contributed by atoms with Crippen LogP contribution in [0.4, 0.5) is 0 Å². The van der Waals surface area contributed by atoms with Crippen LogP contribution in [-0.4, -0.2) is 24.1 Å². The van der Waals surface area contributed by atoms with E-state index in [2.05, 4.69) is 203 Å². The smallest absolute Gasteiger partial charge is 0.166 e. The van der Waals surface area contributed by atoms with Crippen molar-refractivity contribution < 1.29 is 4.42 Å². The lowest BCUT2D eigenvalue weighted by Crippen LogP contribution is -2.02. The number of aromatic nitrogens is 5. The van der Waals surface area contributed by atoms with Crippen molar-refractivity contribution in [3.8, 4) is 45.5 Å². The molecule has 0 aliphatic carbocycles. The number of benzene rings is 10. The van der Waals surface area contributed by atoms with Gasteiger partial charge in [-0.2, -0.15) is 0 Å². The number of para-hydroxylation sites is 4. The largest absolute Gasteiger partial charge is 0.455 e. The fourth-order valence-corrected chi connectivity index (χ4v) is 10.2. The molecular formula is C59H35N5O. The Labute approximate surface area is 371 Å². The summed E-state index contributed by atoms with van der Waals surface area (Å²) in [6, 6.07) is 74.9. The van der Waals surface area contributed by atoms with E-state index in [-0.39, 0.29) is 0 Å². The molecule has 4 heterocycles. The van der Waals surface area contributed by atoms with Gasteiger partial charge in [-0.05, 0) is 71.4 Å². The maximum absolute atomic E-state index is 6.93. The van der Waals surface area contributed by atoms with Gasteiger partial charge in [0.25, 0.3) is 0 Å². The molecule has 14 rings (SSSR count). The highest BCUT2D eigenvalue weighted by Gasteiger charge is 2.22. The molecule has 10 aromatic carbocycles. The Balaban J connectivity index is 0.993. The van der Waals surface area contributed by atoms with Crippen molar-refractivity contribution in [3.05, 3.63) is 212 Å². The lowest BCUT2D eigenvalue weighted by atomic mass is 10.0. The van der Waals surface area contributed by atoms with E-state index < -0.39 is 0 Å². The van der Waals surface area contributed by atoms with Crippen LogP contribution in [0.15, 0.2) is 217 Å². The number of fused-ring (bicyclic) bond motifs is 12. The van der Waals surface area contributed by atoms with Crippen molar-refractivity contribution in [2.45, 2.75) is 0 Å². The van der Waals surface area contributed by atoms with E-state index in [4.69, 9.17) is 19.4 Å². The van der Waals surface area contributed by atoms with Crippen LogP contribution in [0.3, 0.4) is 0 Å². The van der Waals surface area contributed by atoms with Gasteiger partial charge >= 0.3 is 0 Å². The van der Waals surface area contributed by atoms with Crippen molar-refractivity contribution in [2.24, 2.45) is 0 Å². The van der Waals surface area contributed by atoms with Crippen LogP contribution in [0.1, 0.15) is 0 Å². The second-order valence-corrected chi connectivity index (χ2v) is 16.8. The van der Waals surface area contributed by atoms with Crippen LogP contribution >= 0.6 is 0 Å². The molecule has 4 aromatic heterocycles. The number of rotatable bonds is 5. The van der Waals surface area contributed by atoms with E-state index in [1.807, 2.05) is 18.2 Å². The summed E-state index contributed by atoms with van der Waals surface area (Å²) in [7, 11) is 0. The molecule has 302 valence electrons. The van der Waals surface area contributed by atoms with E-state index in [0.29, 0.717) is 17.5 Å². The third-order valence-electron chi connectivity index (χ3n) is 13.1. The van der Waals surface area contributed by atoms with Gasteiger partial charge in [0.05, 0.1) is 27.8 Å². The van der Waals surface area contributed by atoms with Crippen LogP contribution in [0.25, 0.3) is 133 Å². The normalized spacial score (nSPS) is 12.0. The zero-order valence-electron chi connectivity index (χ0n) is 34.9. The minimum absolute atomic E-state index is 0.568. The summed E-state index contributed by atoms with van der Waals surface area (Å²) in [5, 5.41) is 11.4. The van der Waals surface area contributed by atoms with E-state index in [9.17, 15) is 0 Å². The molecule has 0 saturated carbocycles. The first-order valence-corrected chi connectivity index (χ1v) is 21.9. The molecule has 0 atom stereocenters. The molecule has 0 N–H and O–H groups in total. The van der Waals surface area contributed by atoms with Crippen molar-refractivity contribution in [2.75, 3.05) is 0 Å². The van der Waals surface area contributed by atoms with Crippen LogP contribution < -0.4 is 0 Å². The number of hydrogen-bond acceptors (Lipinski definition) is 4. The lowest BCUT2D eigenvalue weighted by Gasteiger charge is -2.13. The van der Waals surface area contributed by atoms with Gasteiger partial charge in [-0.1, -0.05) is 152 Å². The third kappa shape index (κ3) is 5.38. The molecule has 0 saturated heterocycles. The Bertz CT molecular complexity index is 4240. The Hall–Kier alpha value is -8.87. The standard InChI is InChI=1S/C59H35N5O/c1-3-16-36(17-4-1)57-60-58(62-59(61-57)47-27-15-26-45-41-22-11-13-28-50(41)63(55(45)47)40-20-5-2-6-21-40)39-30-31-44-49-35-53(42-23-9-10-25-46(42)56(49)65-54(44)34-39)64-51-29-14-12-24-43(51)48-32-37-18-7-8-19-38(37)33-52(48)64/h1-35H. The molecule has 0 radical (unpaired) electrons. The highest BCUT2D eigenvalue weighted by Crippen LogP contribution is 2.43. The zero-order chi connectivity index (χ0) is 42.6. The monoisotopic (exact) mass is 829 g/mol. The van der Waals surface area contributed by atoms with Gasteiger partial charge in [0.15, 0.2) is 17.5 Å².